The summed E-state index contributed by atoms with van der Waals surface area (Å²) in [6.45, 7) is 0.631. The van der Waals surface area contributed by atoms with E-state index in [9.17, 15) is 9.59 Å². The highest BCUT2D eigenvalue weighted by Crippen LogP contribution is 2.18. The summed E-state index contributed by atoms with van der Waals surface area (Å²) in [5, 5.41) is 11.7. The smallest absolute Gasteiger partial charge is 0.303 e. The first kappa shape index (κ1) is 10.8. The Bertz CT molecular complexity index is 428. The lowest BCUT2D eigenvalue weighted by atomic mass is 9.92. The molecule has 0 saturated carbocycles. The topological polar surface area (TPSA) is 66.4 Å². The Kier molecular flexibility index (Phi) is 3.01. The van der Waals surface area contributed by atoms with Crippen molar-refractivity contribution in [2.75, 3.05) is 0 Å². The maximum absolute atomic E-state index is 12.0. The van der Waals surface area contributed by atoms with Gasteiger partial charge in [-0.1, -0.05) is 24.3 Å². The van der Waals surface area contributed by atoms with Gasteiger partial charge in [-0.25, -0.2) is 0 Å². The molecule has 4 heteroatoms. The summed E-state index contributed by atoms with van der Waals surface area (Å²) in [5.74, 6) is -0.864. The first-order chi connectivity index (χ1) is 7.68. The second kappa shape index (κ2) is 4.45. The van der Waals surface area contributed by atoms with Gasteiger partial charge in [-0.2, -0.15) is 0 Å². The average Bonchev–Trinajstić information content (AvgIpc) is 2.28. The van der Waals surface area contributed by atoms with Crippen molar-refractivity contribution >= 4 is 11.8 Å². The minimum Gasteiger partial charge on any atom is -0.481 e. The van der Waals surface area contributed by atoms with E-state index in [0.717, 1.165) is 11.1 Å². The van der Waals surface area contributed by atoms with Crippen molar-refractivity contribution in [1.82, 2.24) is 5.32 Å². The molecule has 16 heavy (non-hydrogen) atoms. The lowest BCUT2D eigenvalue weighted by Gasteiger charge is -2.24. The van der Waals surface area contributed by atoms with Gasteiger partial charge in [0, 0.05) is 18.5 Å². The van der Waals surface area contributed by atoms with E-state index >= 15 is 0 Å². The molecule has 0 aliphatic carbocycles. The highest BCUT2D eigenvalue weighted by atomic mass is 16.4. The molecule has 84 valence electrons. The Morgan fingerprint density at radius 1 is 1.44 bits per heavy atom. The first-order valence-corrected chi connectivity index (χ1v) is 5.26. The average molecular weight is 219 g/mol. The minimum absolute atomic E-state index is 0.00287. The summed E-state index contributed by atoms with van der Waals surface area (Å²) in [6.07, 6.45) is 0.369. The van der Waals surface area contributed by atoms with Crippen LogP contribution in [0.2, 0.25) is 0 Å². The fraction of sp³-hybridized carbons (Fsp3) is 0.333. The number of ketones is 1. The number of rotatable bonds is 3. The van der Waals surface area contributed by atoms with Crippen LogP contribution in [-0.4, -0.2) is 22.9 Å². The number of hydrogen-bond acceptors (Lipinski definition) is 3. The third-order valence-electron chi connectivity index (χ3n) is 2.79. The number of hydrogen-bond donors (Lipinski definition) is 2. The number of nitrogens with one attached hydrogen (secondary N) is 1. The zero-order valence-corrected chi connectivity index (χ0v) is 8.77. The Labute approximate surface area is 93.3 Å². The molecule has 0 radical (unpaired) electrons. The SMILES string of the molecule is O=C(O)CCC1NCc2ccccc2C1=O. The zero-order valence-electron chi connectivity index (χ0n) is 8.77. The van der Waals surface area contributed by atoms with E-state index in [1.807, 2.05) is 18.2 Å². The van der Waals surface area contributed by atoms with E-state index in [1.54, 1.807) is 6.07 Å². The number of fused-ring (bicyclic) bond motifs is 1. The van der Waals surface area contributed by atoms with E-state index in [1.165, 1.54) is 0 Å². The van der Waals surface area contributed by atoms with Crippen molar-refractivity contribution in [3.05, 3.63) is 35.4 Å². The van der Waals surface area contributed by atoms with Gasteiger partial charge in [-0.15, -0.1) is 0 Å². The van der Waals surface area contributed by atoms with Crippen LogP contribution in [0.5, 0.6) is 0 Å². The Morgan fingerprint density at radius 2 is 2.19 bits per heavy atom. The summed E-state index contributed by atoms with van der Waals surface area (Å²) in [5.41, 5.74) is 1.70. The molecule has 1 aliphatic rings. The molecule has 2 rings (SSSR count). The summed E-state index contributed by atoms with van der Waals surface area (Å²) in [6, 6.07) is 7.08. The molecule has 0 amide bonds. The molecule has 0 saturated heterocycles. The van der Waals surface area contributed by atoms with Crippen LogP contribution in [0.15, 0.2) is 24.3 Å². The van der Waals surface area contributed by atoms with Gasteiger partial charge in [0.25, 0.3) is 0 Å². The lowest BCUT2D eigenvalue weighted by Crippen LogP contribution is -2.41. The predicted octanol–water partition coefficient (Wildman–Crippen LogP) is 1.21. The maximum Gasteiger partial charge on any atom is 0.303 e. The maximum atomic E-state index is 12.0. The molecule has 1 aromatic carbocycles. The van der Waals surface area contributed by atoms with E-state index in [-0.39, 0.29) is 18.2 Å². The lowest BCUT2D eigenvalue weighted by molar-refractivity contribution is -0.137. The molecular formula is C12H13NO3. The molecule has 4 nitrogen and oxygen atoms in total. The molecule has 1 heterocycles. The van der Waals surface area contributed by atoms with Gasteiger partial charge in [-0.05, 0) is 12.0 Å². The number of carbonyl (C=O) groups is 2. The molecule has 1 atom stereocenters. The third kappa shape index (κ3) is 2.12. The van der Waals surface area contributed by atoms with Crippen LogP contribution in [0.25, 0.3) is 0 Å². The van der Waals surface area contributed by atoms with Crippen molar-refractivity contribution in [1.29, 1.82) is 0 Å². The zero-order chi connectivity index (χ0) is 11.5. The van der Waals surface area contributed by atoms with E-state index in [4.69, 9.17) is 5.11 Å². The van der Waals surface area contributed by atoms with Crippen LogP contribution in [0.3, 0.4) is 0 Å². The van der Waals surface area contributed by atoms with Gasteiger partial charge in [0.05, 0.1) is 6.04 Å². The quantitative estimate of drug-likeness (QED) is 0.801. The second-order valence-corrected chi connectivity index (χ2v) is 3.89. The van der Waals surface area contributed by atoms with Crippen molar-refractivity contribution < 1.29 is 14.7 Å². The van der Waals surface area contributed by atoms with Crippen molar-refractivity contribution in [3.63, 3.8) is 0 Å². The molecule has 1 unspecified atom stereocenters. The normalized spacial score (nSPS) is 19.2. The molecule has 1 aliphatic heterocycles. The van der Waals surface area contributed by atoms with Crippen LogP contribution < -0.4 is 5.32 Å². The highest BCUT2D eigenvalue weighted by molar-refractivity contribution is 6.02. The first-order valence-electron chi connectivity index (χ1n) is 5.26. The largest absolute Gasteiger partial charge is 0.481 e. The Morgan fingerprint density at radius 3 is 2.94 bits per heavy atom. The monoisotopic (exact) mass is 219 g/mol. The van der Waals surface area contributed by atoms with Gasteiger partial charge in [-0.3, -0.25) is 9.59 Å². The Hall–Kier alpha value is -1.68. The van der Waals surface area contributed by atoms with Crippen LogP contribution in [0.4, 0.5) is 0 Å². The summed E-state index contributed by atoms with van der Waals surface area (Å²) in [7, 11) is 0. The second-order valence-electron chi connectivity index (χ2n) is 3.89. The third-order valence-corrected chi connectivity index (χ3v) is 2.79. The van der Waals surface area contributed by atoms with Crippen LogP contribution in [-0.2, 0) is 11.3 Å². The highest BCUT2D eigenvalue weighted by Gasteiger charge is 2.26. The van der Waals surface area contributed by atoms with Gasteiger partial charge < -0.3 is 10.4 Å². The van der Waals surface area contributed by atoms with Gasteiger partial charge in [0.2, 0.25) is 0 Å². The minimum atomic E-state index is -0.867. The summed E-state index contributed by atoms with van der Waals surface area (Å²) < 4.78 is 0. The number of carboxylic acids is 1. The van der Waals surface area contributed by atoms with Crippen LogP contribution in [0, 0.1) is 0 Å². The molecular weight excluding hydrogens is 206 g/mol. The fourth-order valence-electron chi connectivity index (χ4n) is 1.93. The van der Waals surface area contributed by atoms with E-state index in [2.05, 4.69) is 5.32 Å². The number of Topliss-reactive ketones (excluding diaryl/α,β-unsaturated/α-hetero) is 1. The van der Waals surface area contributed by atoms with Gasteiger partial charge in [0.1, 0.15) is 0 Å². The summed E-state index contributed by atoms with van der Waals surface area (Å²) >= 11 is 0. The van der Waals surface area contributed by atoms with Crippen molar-refractivity contribution in [3.8, 4) is 0 Å². The summed E-state index contributed by atoms with van der Waals surface area (Å²) in [4.78, 5) is 22.4. The predicted molar refractivity (Wildman–Crippen MR) is 58.3 cm³/mol. The number of aliphatic carboxylic acids is 1. The van der Waals surface area contributed by atoms with Crippen LogP contribution >= 0.6 is 0 Å². The van der Waals surface area contributed by atoms with Gasteiger partial charge in [0.15, 0.2) is 5.78 Å². The van der Waals surface area contributed by atoms with Gasteiger partial charge >= 0.3 is 5.97 Å². The Balaban J connectivity index is 2.12. The van der Waals surface area contributed by atoms with Crippen molar-refractivity contribution in [2.45, 2.75) is 25.4 Å². The standard InChI is InChI=1S/C12H13NO3/c14-11(15)6-5-10-12(16)9-4-2-1-3-8(9)7-13-10/h1-4,10,13H,5-7H2,(H,14,15). The molecule has 0 spiro atoms. The molecule has 0 aromatic heterocycles. The number of carbonyl (C=O) groups excluding carboxylic acids is 1. The number of carboxylic acid groups (broad SMARTS) is 1. The molecule has 2 N–H and O–H groups in total. The fourth-order valence-corrected chi connectivity index (χ4v) is 1.93. The number of benzene rings is 1. The van der Waals surface area contributed by atoms with E-state index < -0.39 is 5.97 Å². The van der Waals surface area contributed by atoms with E-state index in [0.29, 0.717) is 13.0 Å². The molecule has 0 bridgehead atoms. The molecule has 1 aromatic rings. The van der Waals surface area contributed by atoms with Crippen molar-refractivity contribution in [2.24, 2.45) is 0 Å². The van der Waals surface area contributed by atoms with Crippen LogP contribution in [0.1, 0.15) is 28.8 Å². The molecule has 0 fully saturated rings.